The van der Waals surface area contributed by atoms with Crippen LogP contribution in [0.2, 0.25) is 0 Å². The molecule has 0 fully saturated rings. The average molecular weight is 218 g/mol. The summed E-state index contributed by atoms with van der Waals surface area (Å²) in [7, 11) is 1.50. The van der Waals surface area contributed by atoms with Crippen molar-refractivity contribution < 1.29 is 9.63 Å². The molecule has 0 aliphatic heterocycles. The van der Waals surface area contributed by atoms with Gasteiger partial charge in [0.1, 0.15) is 5.04 Å². The Kier molecular flexibility index (Phi) is 5.60. The van der Waals surface area contributed by atoms with Crippen molar-refractivity contribution in [3.05, 3.63) is 0 Å². The highest BCUT2D eigenvalue weighted by Gasteiger charge is 2.14. The monoisotopic (exact) mass is 218 g/mol. The van der Waals surface area contributed by atoms with Crippen LogP contribution in [0.4, 0.5) is 4.79 Å². The van der Waals surface area contributed by atoms with E-state index in [-0.39, 0.29) is 5.41 Å². The molecule has 0 heterocycles. The topological polar surface area (TPSA) is 50.7 Å². The molecule has 14 heavy (non-hydrogen) atoms. The predicted octanol–water partition coefficient (Wildman–Crippen LogP) is 2.46. The molecular formula is C9H18N2O2S. The van der Waals surface area contributed by atoms with Gasteiger partial charge in [0, 0.05) is 13.5 Å². The molecule has 0 saturated heterocycles. The molecule has 4 nitrogen and oxygen atoms in total. The number of carbonyl (C=O) groups is 1. The van der Waals surface area contributed by atoms with E-state index in [0.717, 1.165) is 11.5 Å². The highest BCUT2D eigenvalue weighted by Crippen LogP contribution is 2.22. The average Bonchev–Trinajstić information content (AvgIpc) is 2.09. The Morgan fingerprint density at radius 3 is 2.43 bits per heavy atom. The van der Waals surface area contributed by atoms with Crippen LogP contribution in [-0.4, -0.2) is 24.4 Å². The summed E-state index contributed by atoms with van der Waals surface area (Å²) < 4.78 is 0. The van der Waals surface area contributed by atoms with Crippen LogP contribution in [0, 0.1) is 5.41 Å². The smallest absolute Gasteiger partial charge is 0.323 e. The van der Waals surface area contributed by atoms with Gasteiger partial charge in [-0.1, -0.05) is 25.9 Å². The van der Waals surface area contributed by atoms with Crippen LogP contribution in [0.1, 0.15) is 27.2 Å². The van der Waals surface area contributed by atoms with Crippen LogP contribution in [-0.2, 0) is 4.84 Å². The van der Waals surface area contributed by atoms with Crippen LogP contribution >= 0.6 is 11.8 Å². The number of rotatable bonds is 2. The van der Waals surface area contributed by atoms with Crippen molar-refractivity contribution in [3.63, 3.8) is 0 Å². The highest BCUT2D eigenvalue weighted by molar-refractivity contribution is 8.13. The standard InChI is InChI=1S/C9H18N2O2S/c1-9(2,3)6-7(14-5)11-13-8(12)10-4/h6H2,1-5H3,(H,10,12). The maximum atomic E-state index is 10.7. The SMILES string of the molecule is CNC(=O)ON=C(CC(C)(C)C)SC. The molecule has 5 heteroatoms. The zero-order valence-corrected chi connectivity index (χ0v) is 10.2. The van der Waals surface area contributed by atoms with Gasteiger partial charge in [0.15, 0.2) is 0 Å². The van der Waals surface area contributed by atoms with Crippen molar-refractivity contribution in [1.29, 1.82) is 0 Å². The molecule has 0 rings (SSSR count). The molecule has 0 aromatic rings. The number of thioether (sulfide) groups is 1. The van der Waals surface area contributed by atoms with Gasteiger partial charge in [-0.05, 0) is 11.7 Å². The number of hydrogen-bond acceptors (Lipinski definition) is 4. The van der Waals surface area contributed by atoms with Gasteiger partial charge in [0.25, 0.3) is 0 Å². The lowest BCUT2D eigenvalue weighted by Crippen LogP contribution is -2.18. The zero-order valence-electron chi connectivity index (χ0n) is 9.38. The summed E-state index contributed by atoms with van der Waals surface area (Å²) in [4.78, 5) is 15.4. The Morgan fingerprint density at radius 2 is 2.07 bits per heavy atom. The summed E-state index contributed by atoms with van der Waals surface area (Å²) in [5, 5.41) is 6.92. The van der Waals surface area contributed by atoms with E-state index in [2.05, 4.69) is 36.1 Å². The van der Waals surface area contributed by atoms with Crippen molar-refractivity contribution in [3.8, 4) is 0 Å². The molecule has 0 aliphatic carbocycles. The van der Waals surface area contributed by atoms with Crippen molar-refractivity contribution >= 4 is 22.9 Å². The number of hydrogen-bond donors (Lipinski definition) is 1. The van der Waals surface area contributed by atoms with Gasteiger partial charge in [-0.15, -0.1) is 11.8 Å². The molecule has 0 aliphatic rings. The Labute approximate surface area is 89.5 Å². The first-order chi connectivity index (χ1) is 6.39. The Bertz CT molecular complexity index is 221. The number of oxime groups is 1. The largest absolute Gasteiger partial charge is 0.433 e. The molecule has 0 aromatic carbocycles. The second kappa shape index (κ2) is 5.90. The van der Waals surface area contributed by atoms with Crippen molar-refractivity contribution in [2.45, 2.75) is 27.2 Å². The molecule has 0 atom stereocenters. The lowest BCUT2D eigenvalue weighted by atomic mass is 9.93. The maximum absolute atomic E-state index is 10.7. The first kappa shape index (κ1) is 13.3. The molecule has 0 saturated carbocycles. The van der Waals surface area contributed by atoms with Crippen LogP contribution in [0.3, 0.4) is 0 Å². The lowest BCUT2D eigenvalue weighted by molar-refractivity contribution is 0.153. The lowest BCUT2D eigenvalue weighted by Gasteiger charge is -2.17. The Balaban J connectivity index is 4.19. The number of amides is 1. The van der Waals surface area contributed by atoms with Gasteiger partial charge in [-0.25, -0.2) is 4.79 Å². The summed E-state index contributed by atoms with van der Waals surface area (Å²) in [5.41, 5.74) is 0.147. The van der Waals surface area contributed by atoms with Crippen LogP contribution < -0.4 is 5.32 Å². The first-order valence-electron chi connectivity index (χ1n) is 4.38. The third-order valence-corrected chi connectivity index (χ3v) is 2.04. The van der Waals surface area contributed by atoms with E-state index in [4.69, 9.17) is 0 Å². The second-order valence-electron chi connectivity index (χ2n) is 4.06. The minimum absolute atomic E-state index is 0.147. The third kappa shape index (κ3) is 6.77. The molecule has 0 aromatic heterocycles. The van der Waals surface area contributed by atoms with Gasteiger partial charge >= 0.3 is 6.09 Å². The summed E-state index contributed by atoms with van der Waals surface area (Å²) >= 11 is 1.49. The Morgan fingerprint density at radius 1 is 1.50 bits per heavy atom. The van der Waals surface area contributed by atoms with Gasteiger partial charge in [-0.3, -0.25) is 4.84 Å². The van der Waals surface area contributed by atoms with E-state index in [9.17, 15) is 4.79 Å². The van der Waals surface area contributed by atoms with Crippen molar-refractivity contribution in [1.82, 2.24) is 5.32 Å². The fraction of sp³-hybridized carbons (Fsp3) is 0.778. The van der Waals surface area contributed by atoms with Gasteiger partial charge in [0.2, 0.25) is 0 Å². The van der Waals surface area contributed by atoms with E-state index in [1.165, 1.54) is 18.8 Å². The number of nitrogens with zero attached hydrogens (tertiary/aromatic N) is 1. The molecule has 1 amide bonds. The number of carbonyl (C=O) groups excluding carboxylic acids is 1. The second-order valence-corrected chi connectivity index (χ2v) is 4.93. The summed E-state index contributed by atoms with van der Waals surface area (Å²) in [6.07, 6.45) is 2.17. The van der Waals surface area contributed by atoms with Gasteiger partial charge in [-0.2, -0.15) is 0 Å². The number of nitrogens with one attached hydrogen (secondary N) is 1. The van der Waals surface area contributed by atoms with Gasteiger partial charge in [0.05, 0.1) is 0 Å². The molecule has 82 valence electrons. The zero-order chi connectivity index (χ0) is 11.2. The fourth-order valence-corrected chi connectivity index (χ4v) is 1.42. The summed E-state index contributed by atoms with van der Waals surface area (Å²) in [5.74, 6) is 0. The predicted molar refractivity (Wildman–Crippen MR) is 60.6 cm³/mol. The Hall–Kier alpha value is -0.710. The molecule has 0 unspecified atom stereocenters. The minimum Gasteiger partial charge on any atom is -0.323 e. The summed E-state index contributed by atoms with van der Waals surface area (Å²) in [6.45, 7) is 6.33. The fourth-order valence-electron chi connectivity index (χ4n) is 0.733. The van der Waals surface area contributed by atoms with E-state index < -0.39 is 6.09 Å². The molecule has 1 N–H and O–H groups in total. The molecule has 0 spiro atoms. The van der Waals surface area contributed by atoms with Gasteiger partial charge < -0.3 is 5.32 Å². The normalized spacial score (nSPS) is 12.5. The maximum Gasteiger partial charge on any atom is 0.433 e. The molecule has 0 bridgehead atoms. The molecular weight excluding hydrogens is 200 g/mol. The molecule has 0 radical (unpaired) electrons. The van der Waals surface area contributed by atoms with Crippen LogP contribution in [0.15, 0.2) is 5.16 Å². The van der Waals surface area contributed by atoms with E-state index in [1.807, 2.05) is 6.26 Å². The first-order valence-corrected chi connectivity index (χ1v) is 5.61. The summed E-state index contributed by atoms with van der Waals surface area (Å²) in [6, 6.07) is 0. The quantitative estimate of drug-likeness (QED) is 0.335. The van der Waals surface area contributed by atoms with Crippen LogP contribution in [0.25, 0.3) is 0 Å². The van der Waals surface area contributed by atoms with Crippen LogP contribution in [0.5, 0.6) is 0 Å². The van der Waals surface area contributed by atoms with Crippen molar-refractivity contribution in [2.24, 2.45) is 10.6 Å². The van der Waals surface area contributed by atoms with E-state index >= 15 is 0 Å². The third-order valence-electron chi connectivity index (χ3n) is 1.35. The van der Waals surface area contributed by atoms with E-state index in [1.54, 1.807) is 0 Å². The van der Waals surface area contributed by atoms with E-state index in [0.29, 0.717) is 0 Å². The minimum atomic E-state index is -0.537. The van der Waals surface area contributed by atoms with Crippen molar-refractivity contribution in [2.75, 3.05) is 13.3 Å². The highest BCUT2D eigenvalue weighted by atomic mass is 32.2.